The predicted molar refractivity (Wildman–Crippen MR) is 126 cm³/mol. The molecule has 2 amide bonds. The fourth-order valence-corrected chi connectivity index (χ4v) is 4.49. The number of piperidine rings is 1. The van der Waals surface area contributed by atoms with E-state index in [4.69, 9.17) is 21.2 Å². The van der Waals surface area contributed by atoms with Crippen LogP contribution in [0.15, 0.2) is 53.6 Å². The molecule has 2 aromatic carbocycles. The van der Waals surface area contributed by atoms with E-state index in [1.807, 2.05) is 12.1 Å². The van der Waals surface area contributed by atoms with Crippen LogP contribution in [0.3, 0.4) is 0 Å². The summed E-state index contributed by atoms with van der Waals surface area (Å²) in [5, 5.41) is 7.27. The number of amides is 2. The number of hydrogen-bond acceptors (Lipinski definition) is 6. The average molecular weight is 471 g/mol. The van der Waals surface area contributed by atoms with Gasteiger partial charge >= 0.3 is 6.03 Å². The average Bonchev–Trinajstić information content (AvgIpc) is 3.26. The van der Waals surface area contributed by atoms with Gasteiger partial charge in [0.25, 0.3) is 0 Å². The number of nitrogens with zero attached hydrogens (tertiary/aromatic N) is 3. The molecule has 9 nitrogen and oxygen atoms in total. The van der Waals surface area contributed by atoms with Gasteiger partial charge in [0, 0.05) is 26.1 Å². The number of hydrazone groups is 1. The van der Waals surface area contributed by atoms with Crippen LogP contribution in [0, 0.1) is 5.82 Å². The number of carbonyl (C=O) groups excluding carboxylic acids is 1. The van der Waals surface area contributed by atoms with Crippen molar-refractivity contribution in [3.63, 3.8) is 0 Å². The second kappa shape index (κ2) is 10.3. The summed E-state index contributed by atoms with van der Waals surface area (Å²) in [4.78, 5) is 14.2. The maximum absolute atomic E-state index is 13.0. The third-order valence-corrected chi connectivity index (χ3v) is 6.52. The molecule has 0 aromatic heterocycles. The maximum Gasteiger partial charge on any atom is 0.324 e. The van der Waals surface area contributed by atoms with Gasteiger partial charge in [-0.15, -0.1) is 5.10 Å². The molecule has 0 radical (unpaired) electrons. The molecule has 0 unspecified atom stereocenters. The van der Waals surface area contributed by atoms with Gasteiger partial charge in [-0.25, -0.2) is 15.0 Å². The van der Waals surface area contributed by atoms with E-state index >= 15 is 0 Å². The fraction of sp³-hybridized carbons (Fsp3) is 0.417. The van der Waals surface area contributed by atoms with Crippen molar-refractivity contribution in [2.45, 2.75) is 37.4 Å². The second-order valence-electron chi connectivity index (χ2n) is 8.86. The zero-order valence-corrected chi connectivity index (χ0v) is 19.2. The van der Waals surface area contributed by atoms with Crippen molar-refractivity contribution in [1.29, 1.82) is 0 Å². The number of urea groups is 1. The van der Waals surface area contributed by atoms with Gasteiger partial charge in [0.2, 0.25) is 5.96 Å². The van der Waals surface area contributed by atoms with Gasteiger partial charge in [0.05, 0.1) is 12.2 Å². The zero-order valence-electron chi connectivity index (χ0n) is 19.2. The Labute approximate surface area is 198 Å². The molecule has 2 aliphatic rings. The lowest BCUT2D eigenvalue weighted by Crippen LogP contribution is -2.54. The lowest BCUT2D eigenvalue weighted by molar-refractivity contribution is -0.0360. The summed E-state index contributed by atoms with van der Waals surface area (Å²) in [7, 11) is 1.55. The van der Waals surface area contributed by atoms with Crippen molar-refractivity contribution in [2.24, 2.45) is 16.8 Å². The molecular weight excluding hydrogens is 439 g/mol. The molecule has 2 heterocycles. The van der Waals surface area contributed by atoms with Gasteiger partial charge in [-0.3, -0.25) is 10.3 Å². The third kappa shape index (κ3) is 5.57. The summed E-state index contributed by atoms with van der Waals surface area (Å²) >= 11 is 0. The van der Waals surface area contributed by atoms with Crippen LogP contribution in [0.25, 0.3) is 0 Å². The molecule has 0 aliphatic carbocycles. The van der Waals surface area contributed by atoms with Crippen LogP contribution in [0.2, 0.25) is 0 Å². The first kappa shape index (κ1) is 23.8. The number of rotatable bonds is 4. The van der Waals surface area contributed by atoms with E-state index in [1.165, 1.54) is 17.7 Å². The topological polar surface area (TPSA) is 118 Å². The monoisotopic (exact) mass is 470 g/mol. The van der Waals surface area contributed by atoms with Crippen LogP contribution >= 0.6 is 0 Å². The number of nitrogens with one attached hydrogen (secondary N) is 1. The Balaban J connectivity index is 1.27. The Bertz CT molecular complexity index is 1000. The number of carbonyl (C=O) groups is 1. The Hall–Kier alpha value is -3.37. The Morgan fingerprint density at radius 1 is 1.24 bits per heavy atom. The van der Waals surface area contributed by atoms with Gasteiger partial charge in [-0.05, 0) is 54.7 Å². The van der Waals surface area contributed by atoms with E-state index in [0.29, 0.717) is 32.2 Å². The van der Waals surface area contributed by atoms with E-state index in [1.54, 1.807) is 24.1 Å². The molecule has 5 N–H and O–H groups in total. The van der Waals surface area contributed by atoms with Crippen molar-refractivity contribution in [3.05, 3.63) is 65.5 Å². The van der Waals surface area contributed by atoms with Crippen LogP contribution in [0.5, 0.6) is 5.75 Å². The Kier molecular flexibility index (Phi) is 7.18. The highest BCUT2D eigenvalue weighted by atomic mass is 19.1. The highest BCUT2D eigenvalue weighted by molar-refractivity contribution is 5.95. The molecule has 0 saturated carbocycles. The maximum atomic E-state index is 13.0. The molecule has 2 fully saturated rings. The summed E-state index contributed by atoms with van der Waals surface area (Å²) in [6.07, 6.45) is 2.45. The largest absolute Gasteiger partial charge is 0.489 e. The van der Waals surface area contributed by atoms with E-state index in [0.717, 1.165) is 35.6 Å². The van der Waals surface area contributed by atoms with E-state index in [-0.39, 0.29) is 23.4 Å². The van der Waals surface area contributed by atoms with Gasteiger partial charge in [0.15, 0.2) is 0 Å². The first-order valence-electron chi connectivity index (χ1n) is 11.3. The van der Waals surface area contributed by atoms with Gasteiger partial charge in [-0.1, -0.05) is 24.3 Å². The van der Waals surface area contributed by atoms with Crippen molar-refractivity contribution >= 4 is 12.0 Å². The number of hydrazine groups is 1. The molecule has 10 heteroatoms. The summed E-state index contributed by atoms with van der Waals surface area (Å²) in [5.74, 6) is 11.8. The van der Waals surface area contributed by atoms with Crippen LogP contribution < -0.4 is 21.7 Å². The number of halogens is 1. The van der Waals surface area contributed by atoms with Crippen LogP contribution in [-0.4, -0.2) is 54.2 Å². The molecule has 0 bridgehead atoms. The summed E-state index contributed by atoms with van der Waals surface area (Å²) in [6.45, 7) is 2.21. The number of ether oxygens (including phenoxy) is 2. The molecule has 182 valence electrons. The molecular formula is C24H31FN6O3. The quantitative estimate of drug-likeness (QED) is 0.273. The zero-order chi connectivity index (χ0) is 24.1. The summed E-state index contributed by atoms with van der Waals surface area (Å²) in [5.41, 5.74) is 1.91. The molecule has 1 spiro atoms. The highest BCUT2D eigenvalue weighted by Crippen LogP contribution is 2.43. The standard InChI is InChI=1S/C24H31FN6O3/c1-30(27)22(29-26)28-23(32)31-12-10-24(11-13-31)14-19(16-34-24)18-4-8-21(9-5-18)33-15-17-2-6-20(25)7-3-17/h2-9,19H,10-16,26-27H2,1H3,(H,28,29,32)/t19-/m1/s1. The van der Waals surface area contributed by atoms with E-state index < -0.39 is 0 Å². The predicted octanol–water partition coefficient (Wildman–Crippen LogP) is 2.49. The van der Waals surface area contributed by atoms with Gasteiger partial charge < -0.3 is 20.2 Å². The first-order valence-corrected chi connectivity index (χ1v) is 11.3. The van der Waals surface area contributed by atoms with Crippen molar-refractivity contribution in [1.82, 2.24) is 15.2 Å². The minimum absolute atomic E-state index is 0.104. The fourth-order valence-electron chi connectivity index (χ4n) is 4.49. The van der Waals surface area contributed by atoms with Crippen LogP contribution in [-0.2, 0) is 11.3 Å². The number of guanidine groups is 1. The lowest BCUT2D eigenvalue weighted by Gasteiger charge is -2.38. The molecule has 2 saturated heterocycles. The number of nitrogens with two attached hydrogens (primary N) is 2. The number of benzene rings is 2. The van der Waals surface area contributed by atoms with Gasteiger partial charge in [-0.2, -0.15) is 0 Å². The van der Waals surface area contributed by atoms with Crippen molar-refractivity contribution in [3.8, 4) is 5.75 Å². The molecule has 2 aliphatic heterocycles. The summed E-state index contributed by atoms with van der Waals surface area (Å²) < 4.78 is 25.1. The van der Waals surface area contributed by atoms with Crippen LogP contribution in [0.1, 0.15) is 36.3 Å². The molecule has 2 aromatic rings. The Morgan fingerprint density at radius 3 is 2.53 bits per heavy atom. The second-order valence-corrected chi connectivity index (χ2v) is 8.86. The number of hydrogen-bond donors (Lipinski definition) is 3. The summed E-state index contributed by atoms with van der Waals surface area (Å²) in [6, 6.07) is 14.1. The Morgan fingerprint density at radius 2 is 1.91 bits per heavy atom. The van der Waals surface area contributed by atoms with Gasteiger partial charge in [0.1, 0.15) is 18.2 Å². The minimum Gasteiger partial charge on any atom is -0.489 e. The van der Waals surface area contributed by atoms with Crippen molar-refractivity contribution < 1.29 is 18.7 Å². The molecule has 4 rings (SSSR count). The highest BCUT2D eigenvalue weighted by Gasteiger charge is 2.43. The molecule has 34 heavy (non-hydrogen) atoms. The van der Waals surface area contributed by atoms with E-state index in [2.05, 4.69) is 22.6 Å². The third-order valence-electron chi connectivity index (χ3n) is 6.52. The number of likely N-dealkylation sites (tertiary alicyclic amines) is 1. The smallest absolute Gasteiger partial charge is 0.324 e. The molecule has 1 atom stereocenters. The lowest BCUT2D eigenvalue weighted by atomic mass is 9.83. The van der Waals surface area contributed by atoms with Crippen molar-refractivity contribution in [2.75, 3.05) is 26.7 Å². The minimum atomic E-state index is -0.276. The van der Waals surface area contributed by atoms with Crippen LogP contribution in [0.4, 0.5) is 9.18 Å². The SMILES string of the molecule is CN(N)/C(=N\N)NC(=O)N1CCC2(CC1)C[C@@H](c1ccc(OCc3ccc(F)cc3)cc1)CO2. The first-order chi connectivity index (χ1) is 16.4. The van der Waals surface area contributed by atoms with E-state index in [9.17, 15) is 9.18 Å². The normalized spacial score (nSPS) is 19.8.